The second kappa shape index (κ2) is 6.29. The van der Waals surface area contributed by atoms with Crippen molar-refractivity contribution in [2.75, 3.05) is 37.6 Å². The second-order valence-electron chi connectivity index (χ2n) is 5.28. The average Bonchev–Trinajstić information content (AvgIpc) is 2.94. The van der Waals surface area contributed by atoms with Crippen LogP contribution in [0, 0.1) is 10.1 Å². The molecule has 3 rings (SSSR count). The van der Waals surface area contributed by atoms with Crippen molar-refractivity contribution in [2.24, 2.45) is 4.99 Å². The Balaban J connectivity index is 1.65. The molecule has 0 N–H and O–H groups in total. The van der Waals surface area contributed by atoms with Crippen LogP contribution < -0.4 is 4.90 Å². The van der Waals surface area contributed by atoms with Gasteiger partial charge in [0.05, 0.1) is 16.5 Å². The first kappa shape index (κ1) is 15.4. The van der Waals surface area contributed by atoms with Gasteiger partial charge in [-0.1, -0.05) is 30.3 Å². The molecule has 7 nitrogen and oxygen atoms in total. The second-order valence-corrected chi connectivity index (χ2v) is 7.09. The monoisotopic (exact) mass is 341 g/mol. The molecule has 0 bridgehead atoms. The van der Waals surface area contributed by atoms with Crippen molar-refractivity contribution in [3.05, 3.63) is 27.4 Å². The van der Waals surface area contributed by atoms with E-state index in [-0.39, 0.29) is 5.69 Å². The molecule has 0 aromatic carbocycles. The SMILES string of the molecule is C[C@@H]1CN=C(N2CCN(c3ncc([N+](=O)[O-])cc3Cl)CC2)S1. The number of rotatable bonds is 2. The van der Waals surface area contributed by atoms with Crippen LogP contribution in [0.1, 0.15) is 6.92 Å². The van der Waals surface area contributed by atoms with Gasteiger partial charge in [0.15, 0.2) is 5.17 Å². The minimum atomic E-state index is -0.489. The maximum atomic E-state index is 10.7. The van der Waals surface area contributed by atoms with E-state index < -0.39 is 4.92 Å². The first-order chi connectivity index (χ1) is 10.5. The number of nitro groups is 1. The summed E-state index contributed by atoms with van der Waals surface area (Å²) in [6.07, 6.45) is 1.26. The Morgan fingerprint density at radius 2 is 2.05 bits per heavy atom. The number of nitrogens with zero attached hydrogens (tertiary/aromatic N) is 5. The van der Waals surface area contributed by atoms with Gasteiger partial charge in [0.25, 0.3) is 5.69 Å². The summed E-state index contributed by atoms with van der Waals surface area (Å²) >= 11 is 7.96. The zero-order valence-corrected chi connectivity index (χ0v) is 13.7. The van der Waals surface area contributed by atoms with Crippen LogP contribution in [0.4, 0.5) is 11.5 Å². The molecule has 0 unspecified atom stereocenters. The number of hydrogen-bond donors (Lipinski definition) is 0. The van der Waals surface area contributed by atoms with Gasteiger partial charge in [-0.25, -0.2) is 4.98 Å². The van der Waals surface area contributed by atoms with Crippen molar-refractivity contribution in [1.29, 1.82) is 0 Å². The lowest BCUT2D eigenvalue weighted by atomic mass is 10.3. The Bertz CT molecular complexity index is 618. The molecule has 1 fully saturated rings. The normalized spacial score (nSPS) is 21.9. The van der Waals surface area contributed by atoms with E-state index in [9.17, 15) is 10.1 Å². The number of hydrogen-bond acceptors (Lipinski definition) is 7. The molecule has 118 valence electrons. The highest BCUT2D eigenvalue weighted by Gasteiger charge is 2.26. The Labute approximate surface area is 137 Å². The van der Waals surface area contributed by atoms with Crippen LogP contribution in [0.25, 0.3) is 0 Å². The topological polar surface area (TPSA) is 74.9 Å². The summed E-state index contributed by atoms with van der Waals surface area (Å²) in [5.41, 5.74) is -0.0851. The van der Waals surface area contributed by atoms with Crippen LogP contribution in [0.3, 0.4) is 0 Å². The molecule has 1 aromatic heterocycles. The molecule has 0 radical (unpaired) electrons. The highest BCUT2D eigenvalue weighted by Crippen LogP contribution is 2.29. The first-order valence-corrected chi connectivity index (χ1v) is 8.31. The highest BCUT2D eigenvalue weighted by molar-refractivity contribution is 8.14. The largest absolute Gasteiger partial charge is 0.352 e. The molecule has 1 atom stereocenters. The van der Waals surface area contributed by atoms with E-state index in [0.29, 0.717) is 16.1 Å². The molecule has 0 spiro atoms. The number of aliphatic imine (C=N–C) groups is 1. The number of aromatic nitrogens is 1. The van der Waals surface area contributed by atoms with E-state index in [0.717, 1.165) is 37.9 Å². The van der Waals surface area contributed by atoms with Gasteiger partial charge in [-0.2, -0.15) is 0 Å². The van der Waals surface area contributed by atoms with Gasteiger partial charge in [0, 0.05) is 37.5 Å². The summed E-state index contributed by atoms with van der Waals surface area (Å²) in [4.78, 5) is 23.3. The maximum Gasteiger partial charge on any atom is 0.289 e. The molecule has 0 aliphatic carbocycles. The number of amidine groups is 1. The van der Waals surface area contributed by atoms with E-state index >= 15 is 0 Å². The van der Waals surface area contributed by atoms with E-state index in [1.807, 2.05) is 11.8 Å². The molecule has 0 saturated carbocycles. The zero-order valence-electron chi connectivity index (χ0n) is 12.1. The number of halogens is 1. The van der Waals surface area contributed by atoms with Crippen LogP contribution in [0.15, 0.2) is 17.3 Å². The number of anilines is 1. The van der Waals surface area contributed by atoms with Gasteiger partial charge in [0.1, 0.15) is 12.0 Å². The molecule has 3 heterocycles. The van der Waals surface area contributed by atoms with Crippen LogP contribution >= 0.6 is 23.4 Å². The summed E-state index contributed by atoms with van der Waals surface area (Å²) in [7, 11) is 0. The quantitative estimate of drug-likeness (QED) is 0.606. The fourth-order valence-electron chi connectivity index (χ4n) is 2.50. The predicted molar refractivity (Wildman–Crippen MR) is 89.0 cm³/mol. The third-order valence-electron chi connectivity index (χ3n) is 3.66. The van der Waals surface area contributed by atoms with Gasteiger partial charge < -0.3 is 9.80 Å². The van der Waals surface area contributed by atoms with Crippen molar-refractivity contribution in [2.45, 2.75) is 12.2 Å². The molecule has 1 saturated heterocycles. The van der Waals surface area contributed by atoms with Crippen molar-refractivity contribution in [3.63, 3.8) is 0 Å². The Kier molecular flexibility index (Phi) is 4.39. The van der Waals surface area contributed by atoms with Crippen LogP contribution in [-0.4, -0.2) is 57.9 Å². The molecular formula is C13H16ClN5O2S. The fraction of sp³-hybridized carbons (Fsp3) is 0.538. The van der Waals surface area contributed by atoms with E-state index in [1.165, 1.54) is 12.3 Å². The predicted octanol–water partition coefficient (Wildman–Crippen LogP) is 2.26. The molecule has 0 amide bonds. The molecular weight excluding hydrogens is 326 g/mol. The summed E-state index contributed by atoms with van der Waals surface area (Å²) in [6, 6.07) is 1.36. The third kappa shape index (κ3) is 3.12. The Hall–Kier alpha value is -1.54. The number of thioether (sulfide) groups is 1. The van der Waals surface area contributed by atoms with Crippen molar-refractivity contribution in [3.8, 4) is 0 Å². The van der Waals surface area contributed by atoms with E-state index in [1.54, 1.807) is 0 Å². The van der Waals surface area contributed by atoms with Crippen LogP contribution in [0.5, 0.6) is 0 Å². The van der Waals surface area contributed by atoms with Crippen LogP contribution in [0.2, 0.25) is 5.02 Å². The van der Waals surface area contributed by atoms with Gasteiger partial charge in [0.2, 0.25) is 0 Å². The van der Waals surface area contributed by atoms with Gasteiger partial charge >= 0.3 is 0 Å². The average molecular weight is 342 g/mol. The number of piperazine rings is 1. The summed E-state index contributed by atoms with van der Waals surface area (Å²) in [5.74, 6) is 0.612. The van der Waals surface area contributed by atoms with Gasteiger partial charge in [-0.3, -0.25) is 15.1 Å². The van der Waals surface area contributed by atoms with Crippen molar-refractivity contribution >= 4 is 40.0 Å². The molecule has 1 aromatic rings. The first-order valence-electron chi connectivity index (χ1n) is 7.05. The third-order valence-corrected chi connectivity index (χ3v) is 5.09. The minimum absolute atomic E-state index is 0.0851. The Morgan fingerprint density at radius 3 is 2.59 bits per heavy atom. The van der Waals surface area contributed by atoms with Crippen molar-refractivity contribution < 1.29 is 4.92 Å². The lowest BCUT2D eigenvalue weighted by Gasteiger charge is -2.36. The number of pyridine rings is 1. The highest BCUT2D eigenvalue weighted by atomic mass is 35.5. The standard InChI is InChI=1S/C13H16ClN5O2S/c1-9-7-16-13(22-9)18-4-2-17(3-5-18)12-11(14)6-10(8-15-12)19(20)21/h6,8-9H,2-5,7H2,1H3/t9-/m1/s1. The van der Waals surface area contributed by atoms with Gasteiger partial charge in [-0.15, -0.1) is 0 Å². The minimum Gasteiger partial charge on any atom is -0.352 e. The smallest absolute Gasteiger partial charge is 0.289 e. The summed E-state index contributed by atoms with van der Waals surface area (Å²) in [5, 5.41) is 12.7. The summed E-state index contributed by atoms with van der Waals surface area (Å²) in [6.45, 7) is 6.33. The lowest BCUT2D eigenvalue weighted by molar-refractivity contribution is -0.385. The van der Waals surface area contributed by atoms with E-state index in [2.05, 4.69) is 26.7 Å². The van der Waals surface area contributed by atoms with Crippen molar-refractivity contribution in [1.82, 2.24) is 9.88 Å². The Morgan fingerprint density at radius 1 is 1.36 bits per heavy atom. The lowest BCUT2D eigenvalue weighted by Crippen LogP contribution is -2.48. The van der Waals surface area contributed by atoms with Crippen LogP contribution in [-0.2, 0) is 0 Å². The maximum absolute atomic E-state index is 10.7. The van der Waals surface area contributed by atoms with Gasteiger partial charge in [-0.05, 0) is 0 Å². The molecule has 2 aliphatic rings. The van der Waals surface area contributed by atoms with E-state index in [4.69, 9.17) is 11.6 Å². The molecule has 9 heteroatoms. The molecule has 2 aliphatic heterocycles. The molecule has 22 heavy (non-hydrogen) atoms. The summed E-state index contributed by atoms with van der Waals surface area (Å²) < 4.78 is 0. The fourth-order valence-corrected chi connectivity index (χ4v) is 3.77. The zero-order chi connectivity index (χ0) is 15.7.